The molecule has 6 nitrogen and oxygen atoms in total. The maximum atomic E-state index is 12.6. The number of carbonyl (C=O) groups is 1. The van der Waals surface area contributed by atoms with Gasteiger partial charge in [-0.05, 0) is 31.7 Å². The van der Waals surface area contributed by atoms with Crippen LogP contribution in [0.2, 0.25) is 0 Å². The van der Waals surface area contributed by atoms with Crippen LogP contribution >= 0.6 is 0 Å². The van der Waals surface area contributed by atoms with E-state index in [9.17, 15) is 4.79 Å². The van der Waals surface area contributed by atoms with Crippen LogP contribution < -0.4 is 9.64 Å². The molecule has 0 bridgehead atoms. The topological polar surface area (TPSA) is 58.6 Å². The van der Waals surface area contributed by atoms with Crippen molar-refractivity contribution in [3.63, 3.8) is 0 Å². The van der Waals surface area contributed by atoms with Gasteiger partial charge >= 0.3 is 0 Å². The van der Waals surface area contributed by atoms with Crippen LogP contribution in [0.3, 0.4) is 0 Å². The van der Waals surface area contributed by atoms with Crippen LogP contribution in [0.15, 0.2) is 36.4 Å². The summed E-state index contributed by atoms with van der Waals surface area (Å²) in [6.45, 7) is 7.21. The van der Waals surface area contributed by atoms with Crippen molar-refractivity contribution in [2.45, 2.75) is 39.7 Å². The maximum Gasteiger partial charge on any atom is 0.260 e. The molecule has 0 aliphatic carbocycles. The van der Waals surface area contributed by atoms with Gasteiger partial charge in [0.1, 0.15) is 0 Å². The normalized spacial score (nSPS) is 13.6. The Bertz CT molecular complexity index is 745. The zero-order chi connectivity index (χ0) is 19.1. The molecule has 0 unspecified atom stereocenters. The van der Waals surface area contributed by atoms with Gasteiger partial charge in [-0.1, -0.05) is 37.3 Å². The number of hydrogen-bond donors (Lipinski definition) is 0. The largest absolute Gasteiger partial charge is 0.467 e. The summed E-state index contributed by atoms with van der Waals surface area (Å²) in [6.07, 6.45) is 3.14. The van der Waals surface area contributed by atoms with Crippen molar-refractivity contribution >= 4 is 11.9 Å². The van der Waals surface area contributed by atoms with E-state index in [4.69, 9.17) is 4.74 Å². The minimum atomic E-state index is -0.0410. The maximum absolute atomic E-state index is 12.6. The standard InChI is InChI=1S/C21H28N4O2/c1-3-18-14-19(23-21(22-18)25-12-8-9-13-25)27-16-20(26)24(4-2)15-17-10-6-5-7-11-17/h5-7,10-11,14H,3-4,8-9,12-13,15-16H2,1-2H3. The van der Waals surface area contributed by atoms with Crippen LogP contribution in [-0.2, 0) is 17.8 Å². The van der Waals surface area contributed by atoms with Gasteiger partial charge in [-0.3, -0.25) is 4.79 Å². The number of benzene rings is 1. The molecule has 1 aromatic carbocycles. The second-order valence-electron chi connectivity index (χ2n) is 6.73. The van der Waals surface area contributed by atoms with Crippen LogP contribution in [-0.4, -0.2) is 47.0 Å². The van der Waals surface area contributed by atoms with Gasteiger partial charge in [-0.2, -0.15) is 4.98 Å². The van der Waals surface area contributed by atoms with Gasteiger partial charge in [0.25, 0.3) is 5.91 Å². The van der Waals surface area contributed by atoms with E-state index in [0.29, 0.717) is 24.9 Å². The molecule has 1 aliphatic rings. The SMILES string of the molecule is CCc1cc(OCC(=O)N(CC)Cc2ccccc2)nc(N2CCCC2)n1. The number of rotatable bonds is 8. The third-order valence-corrected chi connectivity index (χ3v) is 4.79. The van der Waals surface area contributed by atoms with E-state index < -0.39 is 0 Å². The fourth-order valence-corrected chi connectivity index (χ4v) is 3.18. The molecule has 1 amide bonds. The van der Waals surface area contributed by atoms with E-state index in [1.54, 1.807) is 4.90 Å². The first-order chi connectivity index (χ1) is 13.2. The summed E-state index contributed by atoms with van der Waals surface area (Å²) in [4.78, 5) is 25.7. The summed E-state index contributed by atoms with van der Waals surface area (Å²) in [5.74, 6) is 1.15. The molecular formula is C21H28N4O2. The van der Waals surface area contributed by atoms with Gasteiger partial charge < -0.3 is 14.5 Å². The van der Waals surface area contributed by atoms with Crippen LogP contribution in [0.4, 0.5) is 5.95 Å². The lowest BCUT2D eigenvalue weighted by atomic mass is 10.2. The summed E-state index contributed by atoms with van der Waals surface area (Å²) < 4.78 is 5.76. The first kappa shape index (κ1) is 19.1. The molecule has 0 saturated carbocycles. The second-order valence-corrected chi connectivity index (χ2v) is 6.73. The molecule has 0 spiro atoms. The smallest absolute Gasteiger partial charge is 0.260 e. The number of aromatic nitrogens is 2. The van der Waals surface area contributed by atoms with Gasteiger partial charge in [-0.25, -0.2) is 4.98 Å². The lowest BCUT2D eigenvalue weighted by Crippen LogP contribution is -2.34. The summed E-state index contributed by atoms with van der Waals surface area (Å²) >= 11 is 0. The van der Waals surface area contributed by atoms with Crippen LogP contribution in [0, 0.1) is 0 Å². The molecule has 2 heterocycles. The second kappa shape index (κ2) is 9.35. The zero-order valence-electron chi connectivity index (χ0n) is 16.2. The predicted molar refractivity (Wildman–Crippen MR) is 106 cm³/mol. The van der Waals surface area contributed by atoms with Crippen LogP contribution in [0.1, 0.15) is 37.9 Å². The average molecular weight is 368 g/mol. The minimum absolute atomic E-state index is 0.0136. The molecule has 6 heteroatoms. The number of nitrogens with zero attached hydrogens (tertiary/aromatic N) is 4. The lowest BCUT2D eigenvalue weighted by Gasteiger charge is -2.21. The van der Waals surface area contributed by atoms with Gasteiger partial charge in [0.15, 0.2) is 6.61 Å². The number of carbonyl (C=O) groups excluding carboxylic acids is 1. The van der Waals surface area contributed by atoms with Gasteiger partial charge in [0.2, 0.25) is 11.8 Å². The van der Waals surface area contributed by atoms with Crippen molar-refractivity contribution in [2.75, 3.05) is 31.1 Å². The molecule has 1 fully saturated rings. The Balaban J connectivity index is 1.64. The molecule has 27 heavy (non-hydrogen) atoms. The first-order valence-electron chi connectivity index (χ1n) is 9.77. The highest BCUT2D eigenvalue weighted by Crippen LogP contribution is 2.20. The molecule has 1 aliphatic heterocycles. The Morgan fingerprint density at radius 3 is 2.56 bits per heavy atom. The molecule has 144 valence electrons. The highest BCUT2D eigenvalue weighted by molar-refractivity contribution is 5.77. The molecule has 0 radical (unpaired) electrons. The Kier molecular flexibility index (Phi) is 6.63. The zero-order valence-corrected chi connectivity index (χ0v) is 16.2. The summed E-state index contributed by atoms with van der Waals surface area (Å²) in [6, 6.07) is 11.8. The molecular weight excluding hydrogens is 340 g/mol. The fourth-order valence-electron chi connectivity index (χ4n) is 3.18. The third kappa shape index (κ3) is 5.18. The average Bonchev–Trinajstić information content (AvgIpc) is 3.25. The van der Waals surface area contributed by atoms with Gasteiger partial charge in [0.05, 0.1) is 0 Å². The van der Waals surface area contributed by atoms with E-state index in [-0.39, 0.29) is 12.5 Å². The fraction of sp³-hybridized carbons (Fsp3) is 0.476. The van der Waals surface area contributed by atoms with Gasteiger partial charge in [0, 0.05) is 37.9 Å². The van der Waals surface area contributed by atoms with Crippen molar-refractivity contribution in [3.8, 4) is 5.88 Å². The predicted octanol–water partition coefficient (Wildman–Crippen LogP) is 3.07. The van der Waals surface area contributed by atoms with Crippen LogP contribution in [0.5, 0.6) is 5.88 Å². The molecule has 1 aromatic heterocycles. The highest BCUT2D eigenvalue weighted by atomic mass is 16.5. The quantitative estimate of drug-likeness (QED) is 0.717. The Hall–Kier alpha value is -2.63. The van der Waals surface area contributed by atoms with Crippen molar-refractivity contribution in [2.24, 2.45) is 0 Å². The van der Waals surface area contributed by atoms with Crippen molar-refractivity contribution in [1.29, 1.82) is 0 Å². The molecule has 0 atom stereocenters. The Morgan fingerprint density at radius 1 is 1.15 bits per heavy atom. The highest BCUT2D eigenvalue weighted by Gasteiger charge is 2.18. The van der Waals surface area contributed by atoms with E-state index in [2.05, 4.69) is 21.8 Å². The third-order valence-electron chi connectivity index (χ3n) is 4.79. The van der Waals surface area contributed by atoms with Crippen molar-refractivity contribution in [3.05, 3.63) is 47.7 Å². The summed E-state index contributed by atoms with van der Waals surface area (Å²) in [5, 5.41) is 0. The molecule has 1 saturated heterocycles. The van der Waals surface area contributed by atoms with E-state index >= 15 is 0 Å². The number of likely N-dealkylation sites (N-methyl/N-ethyl adjacent to an activating group) is 1. The number of anilines is 1. The summed E-state index contributed by atoms with van der Waals surface area (Å²) in [5.41, 5.74) is 2.05. The monoisotopic (exact) mass is 368 g/mol. The van der Waals surface area contributed by atoms with Crippen molar-refractivity contribution in [1.82, 2.24) is 14.9 Å². The van der Waals surface area contributed by atoms with E-state index in [1.807, 2.05) is 43.3 Å². The number of amides is 1. The van der Waals surface area contributed by atoms with E-state index in [1.165, 1.54) is 12.8 Å². The first-order valence-corrected chi connectivity index (χ1v) is 9.77. The Labute approximate surface area is 161 Å². The van der Waals surface area contributed by atoms with Gasteiger partial charge in [-0.15, -0.1) is 0 Å². The molecule has 3 rings (SSSR count). The van der Waals surface area contributed by atoms with Crippen molar-refractivity contribution < 1.29 is 9.53 Å². The number of hydrogen-bond acceptors (Lipinski definition) is 5. The number of ether oxygens (including phenoxy) is 1. The molecule has 2 aromatic rings. The number of aryl methyl sites for hydroxylation is 1. The minimum Gasteiger partial charge on any atom is -0.467 e. The Morgan fingerprint density at radius 2 is 1.89 bits per heavy atom. The summed E-state index contributed by atoms with van der Waals surface area (Å²) in [7, 11) is 0. The lowest BCUT2D eigenvalue weighted by molar-refractivity contribution is -0.133. The van der Waals surface area contributed by atoms with E-state index in [0.717, 1.165) is 30.8 Å². The molecule has 0 N–H and O–H groups in total. The van der Waals surface area contributed by atoms with Crippen LogP contribution in [0.25, 0.3) is 0 Å².